The number of fused-ring (bicyclic) bond motifs is 1. The van der Waals surface area contributed by atoms with Crippen molar-refractivity contribution in [3.63, 3.8) is 0 Å². The molecule has 0 spiro atoms. The number of nitrogens with one attached hydrogen (secondary N) is 1. The highest BCUT2D eigenvalue weighted by atomic mass is 16.6. The highest BCUT2D eigenvalue weighted by Gasteiger charge is 2.26. The van der Waals surface area contributed by atoms with E-state index in [4.69, 9.17) is 9.47 Å². The Morgan fingerprint density at radius 2 is 1.83 bits per heavy atom. The summed E-state index contributed by atoms with van der Waals surface area (Å²) in [6, 6.07) is 11.5. The summed E-state index contributed by atoms with van der Waals surface area (Å²) in [4.78, 5) is 12.2. The van der Waals surface area contributed by atoms with Crippen LogP contribution >= 0.6 is 0 Å². The second kappa shape index (κ2) is 6.74. The van der Waals surface area contributed by atoms with Gasteiger partial charge >= 0.3 is 0 Å². The average molecular weight is 324 g/mol. The molecular formula is C19H20N2O3. The molecule has 5 nitrogen and oxygen atoms in total. The van der Waals surface area contributed by atoms with Crippen LogP contribution in [-0.2, 0) is 4.79 Å². The number of ether oxygens (including phenoxy) is 2. The van der Waals surface area contributed by atoms with Gasteiger partial charge in [0.15, 0.2) is 11.5 Å². The number of aryl methyl sites for hydroxylation is 3. The number of para-hydroxylation sites is 2. The van der Waals surface area contributed by atoms with E-state index >= 15 is 0 Å². The summed E-state index contributed by atoms with van der Waals surface area (Å²) >= 11 is 0. The Hall–Kier alpha value is -2.82. The van der Waals surface area contributed by atoms with Gasteiger partial charge in [-0.25, -0.2) is 5.43 Å². The van der Waals surface area contributed by atoms with Crippen molar-refractivity contribution in [1.82, 2.24) is 5.43 Å². The molecule has 1 amide bonds. The third-order valence-electron chi connectivity index (χ3n) is 3.91. The molecule has 1 aliphatic heterocycles. The molecule has 0 saturated heterocycles. The minimum Gasteiger partial charge on any atom is -0.485 e. The lowest BCUT2D eigenvalue weighted by atomic mass is 10.0. The first-order valence-corrected chi connectivity index (χ1v) is 7.84. The van der Waals surface area contributed by atoms with Crippen molar-refractivity contribution in [3.05, 3.63) is 58.7 Å². The van der Waals surface area contributed by atoms with Crippen LogP contribution in [0.1, 0.15) is 22.3 Å². The molecule has 1 atom stereocenters. The van der Waals surface area contributed by atoms with Gasteiger partial charge in [-0.3, -0.25) is 4.79 Å². The minimum atomic E-state index is -0.711. The van der Waals surface area contributed by atoms with Crippen LogP contribution in [0.3, 0.4) is 0 Å². The largest absolute Gasteiger partial charge is 0.485 e. The summed E-state index contributed by atoms with van der Waals surface area (Å²) in [5.74, 6) is 0.886. The molecule has 2 aromatic rings. The van der Waals surface area contributed by atoms with Crippen LogP contribution < -0.4 is 14.9 Å². The summed E-state index contributed by atoms with van der Waals surface area (Å²) < 4.78 is 11.2. The Balaban J connectivity index is 1.64. The van der Waals surface area contributed by atoms with E-state index in [0.29, 0.717) is 11.5 Å². The maximum Gasteiger partial charge on any atom is 0.284 e. The van der Waals surface area contributed by atoms with Crippen LogP contribution in [-0.4, -0.2) is 24.8 Å². The fraction of sp³-hybridized carbons (Fsp3) is 0.263. The number of rotatable bonds is 3. The van der Waals surface area contributed by atoms with Gasteiger partial charge in [0.05, 0.1) is 6.21 Å². The zero-order valence-corrected chi connectivity index (χ0v) is 14.0. The van der Waals surface area contributed by atoms with Crippen molar-refractivity contribution in [1.29, 1.82) is 0 Å². The first kappa shape index (κ1) is 16.1. The van der Waals surface area contributed by atoms with Gasteiger partial charge in [-0.15, -0.1) is 0 Å². The van der Waals surface area contributed by atoms with E-state index in [0.717, 1.165) is 16.7 Å². The maximum absolute atomic E-state index is 12.2. The lowest BCUT2D eigenvalue weighted by Crippen LogP contribution is -2.42. The normalized spacial score (nSPS) is 16.2. The number of amides is 1. The standard InChI is InChI=1S/C19H20N2O3/c1-12-8-13(2)15(14(3)9-12)10-20-21-19(22)18-11-23-16-6-4-5-7-17(16)24-18/h4-10,18H,11H2,1-3H3,(H,21,22)/b20-10+. The Labute approximate surface area is 141 Å². The molecule has 2 aromatic carbocycles. The molecule has 0 bridgehead atoms. The molecule has 0 aromatic heterocycles. The maximum atomic E-state index is 12.2. The second-order valence-corrected chi connectivity index (χ2v) is 5.91. The van der Waals surface area contributed by atoms with Crippen LogP contribution in [0.25, 0.3) is 0 Å². The molecule has 1 aliphatic rings. The van der Waals surface area contributed by atoms with Gasteiger partial charge in [-0.1, -0.05) is 29.8 Å². The Bertz CT molecular complexity index is 776. The number of carbonyl (C=O) groups is 1. The molecule has 1 N–H and O–H groups in total. The minimum absolute atomic E-state index is 0.168. The van der Waals surface area contributed by atoms with Crippen LogP contribution in [0.4, 0.5) is 0 Å². The van der Waals surface area contributed by atoms with Crippen molar-refractivity contribution in [2.24, 2.45) is 5.10 Å². The first-order chi connectivity index (χ1) is 11.5. The molecular weight excluding hydrogens is 304 g/mol. The van der Waals surface area contributed by atoms with E-state index in [2.05, 4.69) is 29.6 Å². The molecule has 0 saturated carbocycles. The highest BCUT2D eigenvalue weighted by Crippen LogP contribution is 2.30. The van der Waals surface area contributed by atoms with E-state index in [1.54, 1.807) is 12.3 Å². The van der Waals surface area contributed by atoms with E-state index in [1.165, 1.54) is 5.56 Å². The molecule has 3 rings (SSSR count). The zero-order chi connectivity index (χ0) is 17.1. The first-order valence-electron chi connectivity index (χ1n) is 7.84. The highest BCUT2D eigenvalue weighted by molar-refractivity contribution is 5.87. The number of hydrogen-bond donors (Lipinski definition) is 1. The summed E-state index contributed by atoms with van der Waals surface area (Å²) in [6.07, 6.45) is 0.955. The lowest BCUT2D eigenvalue weighted by molar-refractivity contribution is -0.130. The third-order valence-corrected chi connectivity index (χ3v) is 3.91. The Kier molecular flexibility index (Phi) is 4.51. The van der Waals surface area contributed by atoms with E-state index in [1.807, 2.05) is 32.0 Å². The van der Waals surface area contributed by atoms with Gasteiger partial charge in [0.2, 0.25) is 6.10 Å². The molecule has 1 unspecified atom stereocenters. The fourth-order valence-corrected chi connectivity index (χ4v) is 2.78. The molecule has 24 heavy (non-hydrogen) atoms. The fourth-order valence-electron chi connectivity index (χ4n) is 2.78. The van der Waals surface area contributed by atoms with Gasteiger partial charge in [-0.05, 0) is 44.0 Å². The summed E-state index contributed by atoms with van der Waals surface area (Å²) in [7, 11) is 0. The number of carbonyl (C=O) groups excluding carboxylic acids is 1. The van der Waals surface area contributed by atoms with Gasteiger partial charge < -0.3 is 9.47 Å². The predicted molar refractivity (Wildman–Crippen MR) is 92.7 cm³/mol. The topological polar surface area (TPSA) is 59.9 Å². The van der Waals surface area contributed by atoms with Crippen molar-refractivity contribution in [2.45, 2.75) is 26.9 Å². The zero-order valence-electron chi connectivity index (χ0n) is 14.0. The summed E-state index contributed by atoms with van der Waals surface area (Å²) in [5.41, 5.74) is 6.98. The molecule has 1 heterocycles. The molecule has 0 radical (unpaired) electrons. The number of nitrogens with zero attached hydrogens (tertiary/aromatic N) is 1. The van der Waals surface area contributed by atoms with Crippen LogP contribution in [0.2, 0.25) is 0 Å². The quantitative estimate of drug-likeness (QED) is 0.697. The van der Waals surface area contributed by atoms with E-state index in [9.17, 15) is 4.79 Å². The summed E-state index contributed by atoms with van der Waals surface area (Å²) in [6.45, 7) is 6.28. The number of benzene rings is 2. The van der Waals surface area contributed by atoms with Crippen molar-refractivity contribution >= 4 is 12.1 Å². The van der Waals surface area contributed by atoms with Gasteiger partial charge in [0.1, 0.15) is 6.61 Å². The van der Waals surface area contributed by atoms with Crippen molar-refractivity contribution < 1.29 is 14.3 Å². The Morgan fingerprint density at radius 1 is 1.17 bits per heavy atom. The average Bonchev–Trinajstić information content (AvgIpc) is 2.56. The summed E-state index contributed by atoms with van der Waals surface area (Å²) in [5, 5.41) is 4.06. The lowest BCUT2D eigenvalue weighted by Gasteiger charge is -2.24. The smallest absolute Gasteiger partial charge is 0.284 e. The molecule has 0 aliphatic carbocycles. The SMILES string of the molecule is Cc1cc(C)c(/C=N/NC(=O)C2COc3ccccc3O2)c(C)c1. The van der Waals surface area contributed by atoms with Crippen LogP contribution in [0.5, 0.6) is 11.5 Å². The predicted octanol–water partition coefficient (Wildman–Crippen LogP) is 2.90. The molecule has 124 valence electrons. The van der Waals surface area contributed by atoms with Gasteiger partial charge in [0, 0.05) is 5.56 Å². The van der Waals surface area contributed by atoms with Crippen LogP contribution in [0.15, 0.2) is 41.5 Å². The molecule has 0 fully saturated rings. The van der Waals surface area contributed by atoms with Crippen molar-refractivity contribution in [2.75, 3.05) is 6.61 Å². The van der Waals surface area contributed by atoms with E-state index in [-0.39, 0.29) is 12.5 Å². The monoisotopic (exact) mass is 324 g/mol. The van der Waals surface area contributed by atoms with Crippen molar-refractivity contribution in [3.8, 4) is 11.5 Å². The van der Waals surface area contributed by atoms with Gasteiger partial charge in [0.25, 0.3) is 5.91 Å². The number of hydrazone groups is 1. The van der Waals surface area contributed by atoms with Crippen LogP contribution in [0, 0.1) is 20.8 Å². The van der Waals surface area contributed by atoms with Gasteiger partial charge in [-0.2, -0.15) is 5.10 Å². The third kappa shape index (κ3) is 3.40. The number of hydrogen-bond acceptors (Lipinski definition) is 4. The van der Waals surface area contributed by atoms with E-state index < -0.39 is 6.10 Å². The molecule has 5 heteroatoms. The Morgan fingerprint density at radius 3 is 2.54 bits per heavy atom. The second-order valence-electron chi connectivity index (χ2n) is 5.91.